The average molecular weight is 255 g/mol. The lowest BCUT2D eigenvalue weighted by Gasteiger charge is -2.28. The largest absolute Gasteiger partial charge is 0.490 e. The molecule has 0 aliphatic carbocycles. The van der Waals surface area contributed by atoms with Crippen molar-refractivity contribution in [1.29, 1.82) is 0 Å². The second kappa shape index (κ2) is 4.94. The van der Waals surface area contributed by atoms with E-state index in [1.54, 1.807) is 0 Å². The number of para-hydroxylation sites is 1. The van der Waals surface area contributed by atoms with Crippen molar-refractivity contribution in [3.8, 4) is 17.2 Å². The lowest BCUT2D eigenvalue weighted by Crippen LogP contribution is -2.27. The van der Waals surface area contributed by atoms with Crippen molar-refractivity contribution in [1.82, 2.24) is 0 Å². The summed E-state index contributed by atoms with van der Waals surface area (Å²) in [6, 6.07) is 15.5. The van der Waals surface area contributed by atoms with E-state index in [2.05, 4.69) is 0 Å². The van der Waals surface area contributed by atoms with E-state index in [1.807, 2.05) is 55.5 Å². The van der Waals surface area contributed by atoms with E-state index in [9.17, 15) is 0 Å². The van der Waals surface area contributed by atoms with Crippen LogP contribution >= 0.6 is 0 Å². The zero-order valence-electron chi connectivity index (χ0n) is 10.9. The highest BCUT2D eigenvalue weighted by atomic mass is 16.5. The highest BCUT2D eigenvalue weighted by molar-refractivity contribution is 5.44. The van der Waals surface area contributed by atoms with Gasteiger partial charge in [0.25, 0.3) is 0 Å². The molecule has 19 heavy (non-hydrogen) atoms. The molecule has 0 aromatic heterocycles. The van der Waals surface area contributed by atoms with Crippen molar-refractivity contribution in [3.63, 3.8) is 0 Å². The molecule has 3 nitrogen and oxygen atoms in total. The van der Waals surface area contributed by atoms with Gasteiger partial charge < -0.3 is 15.2 Å². The van der Waals surface area contributed by atoms with Crippen molar-refractivity contribution in [2.75, 3.05) is 0 Å². The van der Waals surface area contributed by atoms with Crippen LogP contribution in [0.1, 0.15) is 24.9 Å². The van der Waals surface area contributed by atoms with Crippen LogP contribution in [0.15, 0.2) is 48.5 Å². The summed E-state index contributed by atoms with van der Waals surface area (Å²) >= 11 is 0. The number of hydrogen-bond acceptors (Lipinski definition) is 3. The molecule has 0 amide bonds. The summed E-state index contributed by atoms with van der Waals surface area (Å²) < 4.78 is 11.6. The van der Waals surface area contributed by atoms with E-state index in [0.29, 0.717) is 0 Å². The summed E-state index contributed by atoms with van der Waals surface area (Å²) in [6.45, 7) is 2.04. The zero-order chi connectivity index (χ0) is 13.2. The van der Waals surface area contributed by atoms with E-state index < -0.39 is 0 Å². The fourth-order valence-corrected chi connectivity index (χ4v) is 2.36. The fourth-order valence-electron chi connectivity index (χ4n) is 2.36. The van der Waals surface area contributed by atoms with E-state index in [4.69, 9.17) is 15.2 Å². The smallest absolute Gasteiger partial charge is 0.128 e. The topological polar surface area (TPSA) is 44.5 Å². The van der Waals surface area contributed by atoms with Gasteiger partial charge in [-0.05, 0) is 37.3 Å². The summed E-state index contributed by atoms with van der Waals surface area (Å²) in [7, 11) is 0. The van der Waals surface area contributed by atoms with Crippen LogP contribution in [-0.2, 0) is 0 Å². The second-order valence-electron chi connectivity index (χ2n) is 4.89. The van der Waals surface area contributed by atoms with E-state index in [-0.39, 0.29) is 12.1 Å². The van der Waals surface area contributed by atoms with Crippen LogP contribution in [0.5, 0.6) is 17.2 Å². The minimum absolute atomic E-state index is 0.0121. The Balaban J connectivity index is 1.87. The van der Waals surface area contributed by atoms with Crippen LogP contribution in [0.4, 0.5) is 0 Å². The molecule has 2 atom stereocenters. The summed E-state index contributed by atoms with van der Waals surface area (Å²) in [5, 5.41) is 0. The molecule has 98 valence electrons. The number of nitrogens with two attached hydrogens (primary N) is 1. The van der Waals surface area contributed by atoms with E-state index in [0.717, 1.165) is 29.2 Å². The fraction of sp³-hybridized carbons (Fsp3) is 0.250. The van der Waals surface area contributed by atoms with Crippen LogP contribution in [-0.4, -0.2) is 6.10 Å². The third-order valence-electron chi connectivity index (χ3n) is 3.27. The standard InChI is InChI=1S/C16H17NO2/c1-11-9-15(17)14-10-13(7-8-16(14)18-11)19-12-5-3-2-4-6-12/h2-8,10-11,15H,9,17H2,1H3. The van der Waals surface area contributed by atoms with Crippen LogP contribution in [0.2, 0.25) is 0 Å². The Morgan fingerprint density at radius 1 is 1.11 bits per heavy atom. The SMILES string of the molecule is CC1CC(N)c2cc(Oc3ccccc3)ccc2O1. The molecule has 1 aliphatic rings. The molecule has 0 fully saturated rings. The predicted octanol–water partition coefficient (Wildman–Crippen LogP) is 3.65. The molecule has 1 heterocycles. The maximum Gasteiger partial charge on any atom is 0.128 e. The van der Waals surface area contributed by atoms with Gasteiger partial charge in [0.2, 0.25) is 0 Å². The zero-order valence-corrected chi connectivity index (χ0v) is 10.9. The minimum atomic E-state index is 0.0121. The third kappa shape index (κ3) is 2.56. The van der Waals surface area contributed by atoms with Gasteiger partial charge in [0, 0.05) is 18.0 Å². The average Bonchev–Trinajstić information content (AvgIpc) is 2.40. The number of rotatable bonds is 2. The molecule has 2 N–H and O–H groups in total. The first kappa shape index (κ1) is 12.1. The van der Waals surface area contributed by atoms with Gasteiger partial charge in [-0.25, -0.2) is 0 Å². The molecule has 2 aromatic carbocycles. The van der Waals surface area contributed by atoms with Crippen LogP contribution < -0.4 is 15.2 Å². The first-order valence-corrected chi connectivity index (χ1v) is 6.51. The maximum absolute atomic E-state index is 6.16. The Kier molecular flexibility index (Phi) is 3.13. The Morgan fingerprint density at radius 3 is 2.68 bits per heavy atom. The van der Waals surface area contributed by atoms with Gasteiger partial charge in [0.15, 0.2) is 0 Å². The van der Waals surface area contributed by atoms with Crippen LogP contribution in [0.25, 0.3) is 0 Å². The van der Waals surface area contributed by atoms with Crippen molar-refractivity contribution in [2.24, 2.45) is 5.73 Å². The molecular weight excluding hydrogens is 238 g/mol. The van der Waals surface area contributed by atoms with Gasteiger partial charge in [-0.2, -0.15) is 0 Å². The lowest BCUT2D eigenvalue weighted by atomic mass is 9.98. The van der Waals surface area contributed by atoms with Crippen LogP contribution in [0, 0.1) is 0 Å². The molecule has 3 rings (SSSR count). The molecule has 0 spiro atoms. The van der Waals surface area contributed by atoms with E-state index >= 15 is 0 Å². The van der Waals surface area contributed by atoms with Crippen LogP contribution in [0.3, 0.4) is 0 Å². The van der Waals surface area contributed by atoms with Gasteiger partial charge in [-0.1, -0.05) is 18.2 Å². The highest BCUT2D eigenvalue weighted by Gasteiger charge is 2.23. The molecule has 0 saturated carbocycles. The second-order valence-corrected chi connectivity index (χ2v) is 4.89. The molecule has 0 saturated heterocycles. The van der Waals surface area contributed by atoms with Crippen molar-refractivity contribution in [2.45, 2.75) is 25.5 Å². The number of benzene rings is 2. The Bertz CT molecular complexity index is 568. The highest BCUT2D eigenvalue weighted by Crippen LogP contribution is 2.36. The minimum Gasteiger partial charge on any atom is -0.490 e. The first-order chi connectivity index (χ1) is 9.22. The quantitative estimate of drug-likeness (QED) is 0.890. The molecular formula is C16H17NO2. The Labute approximate surface area is 113 Å². The van der Waals surface area contributed by atoms with Gasteiger partial charge in [-0.3, -0.25) is 0 Å². The first-order valence-electron chi connectivity index (χ1n) is 6.51. The molecule has 1 aliphatic heterocycles. The van der Waals surface area contributed by atoms with Gasteiger partial charge in [-0.15, -0.1) is 0 Å². The van der Waals surface area contributed by atoms with E-state index in [1.165, 1.54) is 0 Å². The summed E-state index contributed by atoms with van der Waals surface area (Å²) in [4.78, 5) is 0. The van der Waals surface area contributed by atoms with Gasteiger partial charge in [0.05, 0.1) is 6.10 Å². The maximum atomic E-state index is 6.16. The number of fused-ring (bicyclic) bond motifs is 1. The Morgan fingerprint density at radius 2 is 1.89 bits per heavy atom. The predicted molar refractivity (Wildman–Crippen MR) is 74.6 cm³/mol. The monoisotopic (exact) mass is 255 g/mol. The van der Waals surface area contributed by atoms with Crippen molar-refractivity contribution < 1.29 is 9.47 Å². The lowest BCUT2D eigenvalue weighted by molar-refractivity contribution is 0.176. The molecule has 2 unspecified atom stereocenters. The molecule has 2 aromatic rings. The summed E-state index contributed by atoms with van der Waals surface area (Å²) in [5.74, 6) is 2.48. The third-order valence-corrected chi connectivity index (χ3v) is 3.27. The normalized spacial score (nSPS) is 21.4. The molecule has 0 bridgehead atoms. The van der Waals surface area contributed by atoms with Gasteiger partial charge >= 0.3 is 0 Å². The van der Waals surface area contributed by atoms with Crippen molar-refractivity contribution in [3.05, 3.63) is 54.1 Å². The van der Waals surface area contributed by atoms with Crippen molar-refractivity contribution >= 4 is 0 Å². The summed E-state index contributed by atoms with van der Waals surface area (Å²) in [6.07, 6.45) is 1.00. The molecule has 3 heteroatoms. The van der Waals surface area contributed by atoms with Gasteiger partial charge in [0.1, 0.15) is 17.2 Å². The number of hydrogen-bond donors (Lipinski definition) is 1. The summed E-state index contributed by atoms with van der Waals surface area (Å²) in [5.41, 5.74) is 7.18. The Hall–Kier alpha value is -2.00. The number of ether oxygens (including phenoxy) is 2. The molecule has 0 radical (unpaired) electrons.